The number of benzene rings is 1. The van der Waals surface area contributed by atoms with Crippen molar-refractivity contribution in [1.82, 2.24) is 9.97 Å². The number of halogens is 1. The highest BCUT2D eigenvalue weighted by Crippen LogP contribution is 2.37. The van der Waals surface area contributed by atoms with Crippen LogP contribution in [0, 0.1) is 0 Å². The predicted molar refractivity (Wildman–Crippen MR) is 83.1 cm³/mol. The first-order valence-electron chi connectivity index (χ1n) is 7.39. The van der Waals surface area contributed by atoms with Crippen molar-refractivity contribution in [3.05, 3.63) is 46.9 Å². The highest BCUT2D eigenvalue weighted by atomic mass is 35.5. The van der Waals surface area contributed by atoms with Gasteiger partial charge in [0.2, 0.25) is 0 Å². The van der Waals surface area contributed by atoms with Crippen molar-refractivity contribution in [2.75, 3.05) is 0 Å². The Kier molecular flexibility index (Phi) is 4.02. The highest BCUT2D eigenvalue weighted by Gasteiger charge is 2.19. The summed E-state index contributed by atoms with van der Waals surface area (Å²) in [5, 5.41) is 0.583. The summed E-state index contributed by atoms with van der Waals surface area (Å²) in [6.45, 7) is 2.15. The van der Waals surface area contributed by atoms with E-state index in [1.165, 1.54) is 24.8 Å². The van der Waals surface area contributed by atoms with Crippen molar-refractivity contribution in [3.8, 4) is 11.3 Å². The van der Waals surface area contributed by atoms with Crippen LogP contribution >= 0.6 is 11.6 Å². The minimum atomic E-state index is 0.583. The molecule has 104 valence electrons. The molecule has 0 aliphatic heterocycles. The Hall–Kier alpha value is -1.41. The molecule has 0 amide bonds. The van der Waals surface area contributed by atoms with E-state index in [-0.39, 0.29) is 0 Å². The van der Waals surface area contributed by atoms with E-state index >= 15 is 0 Å². The summed E-state index contributed by atoms with van der Waals surface area (Å²) >= 11 is 6.22. The summed E-state index contributed by atoms with van der Waals surface area (Å²) in [6, 6.07) is 8.83. The number of hydrogen-bond donors (Lipinski definition) is 0. The Labute approximate surface area is 125 Å². The lowest BCUT2D eigenvalue weighted by atomic mass is 9.80. The third-order valence-electron chi connectivity index (χ3n) is 4.15. The molecule has 2 aromatic rings. The van der Waals surface area contributed by atoms with Crippen LogP contribution in [0.25, 0.3) is 11.3 Å². The minimum absolute atomic E-state index is 0.583. The van der Waals surface area contributed by atoms with Gasteiger partial charge in [0.15, 0.2) is 0 Å². The first kappa shape index (κ1) is 13.6. The second kappa shape index (κ2) is 5.92. The second-order valence-corrected chi connectivity index (χ2v) is 5.85. The van der Waals surface area contributed by atoms with E-state index in [0.717, 1.165) is 35.6 Å². The lowest BCUT2D eigenvalue weighted by Crippen LogP contribution is -2.08. The van der Waals surface area contributed by atoms with Gasteiger partial charge in [-0.3, -0.25) is 0 Å². The van der Waals surface area contributed by atoms with Gasteiger partial charge < -0.3 is 0 Å². The molecule has 1 saturated carbocycles. The van der Waals surface area contributed by atoms with Crippen LogP contribution in [0.3, 0.4) is 0 Å². The molecule has 2 nitrogen and oxygen atoms in total. The van der Waals surface area contributed by atoms with E-state index in [9.17, 15) is 0 Å². The van der Waals surface area contributed by atoms with E-state index in [1.807, 2.05) is 0 Å². The molecule has 1 fully saturated rings. The molecule has 0 atom stereocenters. The first-order valence-corrected chi connectivity index (χ1v) is 7.77. The van der Waals surface area contributed by atoms with Crippen molar-refractivity contribution in [2.45, 2.75) is 44.9 Å². The first-order chi connectivity index (χ1) is 9.79. The lowest BCUT2D eigenvalue weighted by molar-refractivity contribution is 0.420. The zero-order valence-corrected chi connectivity index (χ0v) is 12.5. The quantitative estimate of drug-likeness (QED) is 0.738. The molecule has 1 aromatic heterocycles. The zero-order chi connectivity index (χ0) is 13.9. The van der Waals surface area contributed by atoms with Gasteiger partial charge in [-0.05, 0) is 30.7 Å². The van der Waals surface area contributed by atoms with Crippen molar-refractivity contribution in [1.29, 1.82) is 0 Å². The van der Waals surface area contributed by atoms with E-state index in [0.29, 0.717) is 5.15 Å². The van der Waals surface area contributed by atoms with E-state index < -0.39 is 0 Å². The van der Waals surface area contributed by atoms with Gasteiger partial charge in [0.25, 0.3) is 0 Å². The molecule has 1 aliphatic carbocycles. The molecule has 0 spiro atoms. The van der Waals surface area contributed by atoms with Gasteiger partial charge in [0, 0.05) is 11.1 Å². The maximum Gasteiger partial charge on any atom is 0.136 e. The van der Waals surface area contributed by atoms with Crippen LogP contribution in [0.15, 0.2) is 30.6 Å². The number of rotatable bonds is 4. The largest absolute Gasteiger partial charge is 0.236 e. The Morgan fingerprint density at radius 2 is 1.90 bits per heavy atom. The molecular formula is C17H19ClN2. The normalized spacial score (nSPS) is 15.1. The van der Waals surface area contributed by atoms with Crippen molar-refractivity contribution < 1.29 is 0 Å². The summed E-state index contributed by atoms with van der Waals surface area (Å²) in [7, 11) is 0. The van der Waals surface area contributed by atoms with Crippen LogP contribution in [-0.2, 0) is 6.42 Å². The van der Waals surface area contributed by atoms with Crippen molar-refractivity contribution in [2.24, 2.45) is 0 Å². The maximum absolute atomic E-state index is 6.22. The number of aromatic nitrogens is 2. The fourth-order valence-corrected chi connectivity index (χ4v) is 2.99. The number of hydrogen-bond acceptors (Lipinski definition) is 2. The van der Waals surface area contributed by atoms with Crippen LogP contribution in [0.5, 0.6) is 0 Å². The van der Waals surface area contributed by atoms with Gasteiger partial charge >= 0.3 is 0 Å². The molecule has 0 radical (unpaired) electrons. The average molecular weight is 287 g/mol. The topological polar surface area (TPSA) is 25.8 Å². The molecule has 1 aliphatic rings. The van der Waals surface area contributed by atoms with E-state index in [2.05, 4.69) is 41.2 Å². The monoisotopic (exact) mass is 286 g/mol. The Morgan fingerprint density at radius 3 is 2.50 bits per heavy atom. The van der Waals surface area contributed by atoms with Crippen LogP contribution in [-0.4, -0.2) is 9.97 Å². The summed E-state index contributed by atoms with van der Waals surface area (Å²) in [5.41, 5.74) is 4.64. The van der Waals surface area contributed by atoms with Gasteiger partial charge in [0.05, 0.1) is 5.69 Å². The molecule has 3 rings (SSSR count). The Bertz CT molecular complexity index is 588. The van der Waals surface area contributed by atoms with Crippen LogP contribution < -0.4 is 0 Å². The summed E-state index contributed by atoms with van der Waals surface area (Å²) < 4.78 is 0. The molecule has 1 heterocycles. The highest BCUT2D eigenvalue weighted by molar-refractivity contribution is 6.30. The Balaban J connectivity index is 1.93. The van der Waals surface area contributed by atoms with Gasteiger partial charge in [-0.25, -0.2) is 9.97 Å². The third kappa shape index (κ3) is 2.57. The average Bonchev–Trinajstić information content (AvgIpc) is 2.40. The Morgan fingerprint density at radius 1 is 1.15 bits per heavy atom. The van der Waals surface area contributed by atoms with Crippen LogP contribution in [0.1, 0.15) is 49.7 Å². The smallest absolute Gasteiger partial charge is 0.136 e. The molecule has 20 heavy (non-hydrogen) atoms. The van der Waals surface area contributed by atoms with E-state index in [1.54, 1.807) is 6.33 Å². The molecule has 0 N–H and O–H groups in total. The van der Waals surface area contributed by atoms with Crippen molar-refractivity contribution in [3.63, 3.8) is 0 Å². The molecule has 0 unspecified atom stereocenters. The maximum atomic E-state index is 6.22. The number of nitrogens with zero attached hydrogens (tertiary/aromatic N) is 2. The predicted octanol–water partition coefficient (Wildman–Crippen LogP) is 5.02. The molecule has 1 aromatic carbocycles. The van der Waals surface area contributed by atoms with Gasteiger partial charge in [-0.1, -0.05) is 55.6 Å². The van der Waals surface area contributed by atoms with Gasteiger partial charge in [-0.15, -0.1) is 0 Å². The molecule has 3 heteroatoms. The third-order valence-corrected chi connectivity index (χ3v) is 4.48. The molecule has 0 saturated heterocycles. The lowest BCUT2D eigenvalue weighted by Gasteiger charge is -2.25. The second-order valence-electron chi connectivity index (χ2n) is 5.49. The zero-order valence-electron chi connectivity index (χ0n) is 11.8. The van der Waals surface area contributed by atoms with Crippen LogP contribution in [0.2, 0.25) is 5.15 Å². The SMILES string of the molecule is CCCc1c(Cl)ncnc1-c1ccc(C2CCC2)cc1. The van der Waals surface area contributed by atoms with Crippen molar-refractivity contribution >= 4 is 11.6 Å². The minimum Gasteiger partial charge on any atom is -0.236 e. The summed E-state index contributed by atoms with van der Waals surface area (Å²) in [5.74, 6) is 0.771. The van der Waals surface area contributed by atoms with Gasteiger partial charge in [0.1, 0.15) is 11.5 Å². The van der Waals surface area contributed by atoms with Gasteiger partial charge in [-0.2, -0.15) is 0 Å². The standard InChI is InChI=1S/C17H19ClN2/c1-2-4-15-16(19-11-20-17(15)18)14-9-7-13(8-10-14)12-5-3-6-12/h7-12H,2-6H2,1H3. The molecule has 0 bridgehead atoms. The summed E-state index contributed by atoms with van der Waals surface area (Å²) in [6.07, 6.45) is 7.55. The molecular weight excluding hydrogens is 268 g/mol. The van der Waals surface area contributed by atoms with E-state index in [4.69, 9.17) is 11.6 Å². The summed E-state index contributed by atoms with van der Waals surface area (Å²) in [4.78, 5) is 8.55. The van der Waals surface area contributed by atoms with Crippen LogP contribution in [0.4, 0.5) is 0 Å². The fraction of sp³-hybridized carbons (Fsp3) is 0.412. The fourth-order valence-electron chi connectivity index (χ4n) is 2.77.